The van der Waals surface area contributed by atoms with Gasteiger partial charge in [0.2, 0.25) is 0 Å². The van der Waals surface area contributed by atoms with Crippen LogP contribution in [0, 0.1) is 0 Å². The minimum Gasteiger partial charge on any atom is -0.469 e. The van der Waals surface area contributed by atoms with E-state index in [1.54, 1.807) is 6.26 Å². The Hall–Kier alpha value is -0.800. The quantitative estimate of drug-likeness (QED) is 0.816. The molecule has 1 aliphatic rings. The Morgan fingerprint density at radius 3 is 3.20 bits per heavy atom. The van der Waals surface area contributed by atoms with Crippen molar-refractivity contribution in [2.24, 2.45) is 0 Å². The van der Waals surface area contributed by atoms with Gasteiger partial charge in [0.15, 0.2) is 0 Å². The lowest BCUT2D eigenvalue weighted by molar-refractivity contribution is 0.153. The molecule has 0 amide bonds. The minimum absolute atomic E-state index is 0.570. The third-order valence-corrected chi connectivity index (χ3v) is 3.10. The second kappa shape index (κ2) is 4.81. The summed E-state index contributed by atoms with van der Waals surface area (Å²) >= 11 is 0. The van der Waals surface area contributed by atoms with Gasteiger partial charge in [0.05, 0.1) is 6.26 Å². The van der Waals surface area contributed by atoms with E-state index in [4.69, 9.17) is 4.42 Å². The van der Waals surface area contributed by atoms with Gasteiger partial charge in [0.1, 0.15) is 5.76 Å². The van der Waals surface area contributed by atoms with Gasteiger partial charge < -0.3 is 9.73 Å². The average Bonchev–Trinajstić information content (AvgIpc) is 2.70. The highest BCUT2D eigenvalue weighted by Crippen LogP contribution is 2.11. The first-order chi connectivity index (χ1) is 7.25. The Morgan fingerprint density at radius 1 is 1.67 bits per heavy atom. The van der Waals surface area contributed by atoms with Gasteiger partial charge in [-0.2, -0.15) is 0 Å². The summed E-state index contributed by atoms with van der Waals surface area (Å²) in [5, 5.41) is 3.46. The largest absolute Gasteiger partial charge is 0.469 e. The first kappa shape index (κ1) is 10.7. The van der Waals surface area contributed by atoms with E-state index in [1.807, 2.05) is 6.07 Å². The number of nitrogens with zero attached hydrogens (tertiary/aromatic N) is 1. The van der Waals surface area contributed by atoms with Crippen molar-refractivity contribution >= 4 is 0 Å². The zero-order valence-electron chi connectivity index (χ0n) is 9.57. The van der Waals surface area contributed by atoms with Crippen molar-refractivity contribution < 1.29 is 4.42 Å². The maximum atomic E-state index is 5.38. The van der Waals surface area contributed by atoms with Gasteiger partial charge >= 0.3 is 0 Å². The molecule has 84 valence electrons. The Morgan fingerprint density at radius 2 is 2.53 bits per heavy atom. The van der Waals surface area contributed by atoms with E-state index in [0.29, 0.717) is 12.1 Å². The van der Waals surface area contributed by atoms with Crippen molar-refractivity contribution in [3.8, 4) is 0 Å². The second-order valence-corrected chi connectivity index (χ2v) is 4.48. The van der Waals surface area contributed by atoms with Crippen molar-refractivity contribution in [2.45, 2.75) is 32.4 Å². The molecule has 2 atom stereocenters. The highest BCUT2D eigenvalue weighted by atomic mass is 16.3. The van der Waals surface area contributed by atoms with Crippen LogP contribution < -0.4 is 5.32 Å². The maximum Gasteiger partial charge on any atom is 0.105 e. The van der Waals surface area contributed by atoms with Crippen LogP contribution in [0.2, 0.25) is 0 Å². The molecule has 1 N–H and O–H groups in total. The zero-order chi connectivity index (χ0) is 10.7. The molecular weight excluding hydrogens is 188 g/mol. The van der Waals surface area contributed by atoms with E-state index >= 15 is 0 Å². The van der Waals surface area contributed by atoms with E-state index < -0.39 is 0 Å². The number of hydrogen-bond acceptors (Lipinski definition) is 3. The number of hydrogen-bond donors (Lipinski definition) is 1. The van der Waals surface area contributed by atoms with Gasteiger partial charge in [0, 0.05) is 38.1 Å². The summed E-state index contributed by atoms with van der Waals surface area (Å²) in [6.07, 6.45) is 2.77. The standard InChI is InChI=1S/C12H20N2O/c1-10-9-14(6-5-13-10)11(2)8-12-4-3-7-15-12/h3-4,7,10-11,13H,5-6,8-9H2,1-2H3. The van der Waals surface area contributed by atoms with Gasteiger partial charge in [-0.25, -0.2) is 0 Å². The van der Waals surface area contributed by atoms with Crippen LogP contribution in [0.15, 0.2) is 22.8 Å². The molecule has 0 bridgehead atoms. The molecule has 2 rings (SSSR count). The summed E-state index contributed by atoms with van der Waals surface area (Å²) in [4.78, 5) is 2.53. The minimum atomic E-state index is 0.570. The van der Waals surface area contributed by atoms with E-state index in [2.05, 4.69) is 30.1 Å². The summed E-state index contributed by atoms with van der Waals surface area (Å²) in [7, 11) is 0. The molecule has 0 aliphatic carbocycles. The van der Waals surface area contributed by atoms with Gasteiger partial charge in [-0.3, -0.25) is 4.90 Å². The molecule has 2 unspecified atom stereocenters. The average molecular weight is 208 g/mol. The molecule has 0 aromatic carbocycles. The van der Waals surface area contributed by atoms with Gasteiger partial charge in [-0.05, 0) is 26.0 Å². The van der Waals surface area contributed by atoms with E-state index in [-0.39, 0.29) is 0 Å². The molecule has 1 aromatic rings. The normalized spacial score (nSPS) is 25.3. The fourth-order valence-corrected chi connectivity index (χ4v) is 2.21. The molecule has 15 heavy (non-hydrogen) atoms. The third kappa shape index (κ3) is 2.83. The lowest BCUT2D eigenvalue weighted by atomic mass is 10.1. The maximum absolute atomic E-state index is 5.38. The predicted octanol–water partition coefficient (Wildman–Crippen LogP) is 1.50. The Balaban J connectivity index is 1.87. The number of nitrogens with one attached hydrogen (secondary N) is 1. The number of furan rings is 1. The van der Waals surface area contributed by atoms with Crippen LogP contribution in [0.3, 0.4) is 0 Å². The summed E-state index contributed by atoms with van der Waals surface area (Å²) < 4.78 is 5.38. The molecule has 3 heteroatoms. The smallest absolute Gasteiger partial charge is 0.105 e. The molecule has 2 heterocycles. The number of piperazine rings is 1. The highest BCUT2D eigenvalue weighted by Gasteiger charge is 2.20. The predicted molar refractivity (Wildman–Crippen MR) is 60.9 cm³/mol. The van der Waals surface area contributed by atoms with Gasteiger partial charge in [-0.15, -0.1) is 0 Å². The molecule has 0 spiro atoms. The monoisotopic (exact) mass is 208 g/mol. The van der Waals surface area contributed by atoms with Crippen LogP contribution in [0.25, 0.3) is 0 Å². The van der Waals surface area contributed by atoms with Gasteiger partial charge in [-0.1, -0.05) is 0 Å². The lowest BCUT2D eigenvalue weighted by Crippen LogP contribution is -2.52. The molecule has 3 nitrogen and oxygen atoms in total. The molecule has 0 radical (unpaired) electrons. The van der Waals surface area contributed by atoms with E-state index in [1.165, 1.54) is 0 Å². The van der Waals surface area contributed by atoms with Crippen LogP contribution in [0.5, 0.6) is 0 Å². The van der Waals surface area contributed by atoms with Crippen molar-refractivity contribution in [1.29, 1.82) is 0 Å². The molecule has 1 aromatic heterocycles. The molecular formula is C12H20N2O. The summed E-state index contributed by atoms with van der Waals surface area (Å²) in [5.41, 5.74) is 0. The fraction of sp³-hybridized carbons (Fsp3) is 0.667. The van der Waals surface area contributed by atoms with Crippen molar-refractivity contribution in [3.63, 3.8) is 0 Å². The SMILES string of the molecule is CC1CN(C(C)Cc2ccco2)CCN1. The van der Waals surface area contributed by atoms with Crippen LogP contribution >= 0.6 is 0 Å². The number of rotatable bonds is 3. The van der Waals surface area contributed by atoms with Crippen LogP contribution in [-0.2, 0) is 6.42 Å². The highest BCUT2D eigenvalue weighted by molar-refractivity contribution is 5.00. The molecule has 1 aliphatic heterocycles. The molecule has 0 saturated carbocycles. The van der Waals surface area contributed by atoms with Crippen LogP contribution in [0.4, 0.5) is 0 Å². The van der Waals surface area contributed by atoms with Crippen molar-refractivity contribution in [2.75, 3.05) is 19.6 Å². The Bertz CT molecular complexity index is 284. The Kier molecular flexibility index (Phi) is 3.44. The lowest BCUT2D eigenvalue weighted by Gasteiger charge is -2.35. The molecule has 1 fully saturated rings. The van der Waals surface area contributed by atoms with Crippen LogP contribution in [-0.4, -0.2) is 36.6 Å². The zero-order valence-corrected chi connectivity index (χ0v) is 9.57. The summed E-state index contributed by atoms with van der Waals surface area (Å²) in [5.74, 6) is 1.09. The topological polar surface area (TPSA) is 28.4 Å². The summed E-state index contributed by atoms with van der Waals surface area (Å²) in [6.45, 7) is 7.91. The van der Waals surface area contributed by atoms with E-state index in [0.717, 1.165) is 31.8 Å². The molecule has 1 saturated heterocycles. The van der Waals surface area contributed by atoms with Gasteiger partial charge in [0.25, 0.3) is 0 Å². The fourth-order valence-electron chi connectivity index (χ4n) is 2.21. The van der Waals surface area contributed by atoms with Crippen LogP contribution in [0.1, 0.15) is 19.6 Å². The first-order valence-corrected chi connectivity index (χ1v) is 5.75. The Labute approximate surface area is 91.4 Å². The first-order valence-electron chi connectivity index (χ1n) is 5.75. The van der Waals surface area contributed by atoms with Crippen molar-refractivity contribution in [3.05, 3.63) is 24.2 Å². The van der Waals surface area contributed by atoms with E-state index in [9.17, 15) is 0 Å². The van der Waals surface area contributed by atoms with Crippen molar-refractivity contribution in [1.82, 2.24) is 10.2 Å². The second-order valence-electron chi connectivity index (χ2n) is 4.48. The third-order valence-electron chi connectivity index (χ3n) is 3.10. The summed E-state index contributed by atoms with van der Waals surface area (Å²) in [6, 6.07) is 5.20.